The zero-order valence-electron chi connectivity index (χ0n) is 9.67. The Hall–Kier alpha value is -1.97. The van der Waals surface area contributed by atoms with Crippen LogP contribution in [0, 0.1) is 0 Å². The third-order valence-corrected chi connectivity index (χ3v) is 3.04. The minimum absolute atomic E-state index is 0.568. The molecule has 4 nitrogen and oxygen atoms in total. The fourth-order valence-corrected chi connectivity index (χ4v) is 1.98. The molecule has 4 heteroatoms. The van der Waals surface area contributed by atoms with Crippen molar-refractivity contribution in [2.24, 2.45) is 0 Å². The average molecular weight is 232 g/mol. The first-order valence-electron chi connectivity index (χ1n) is 5.66. The highest BCUT2D eigenvalue weighted by atomic mass is 16.4. The first-order chi connectivity index (χ1) is 8.20. The van der Waals surface area contributed by atoms with E-state index in [4.69, 9.17) is 5.11 Å². The Morgan fingerprint density at radius 3 is 2.24 bits per heavy atom. The molecule has 0 spiro atoms. The standard InChI is InChI=1S/C13H16N2O2/c1-2-11-3-5-12(6-4-11)14-7-9-15(10-8-14)13(16)17/h2-6H,1,7-10H2,(H,16,17). The van der Waals surface area contributed by atoms with Crippen molar-refractivity contribution in [3.63, 3.8) is 0 Å². The summed E-state index contributed by atoms with van der Waals surface area (Å²) in [4.78, 5) is 14.4. The molecule has 0 aromatic heterocycles. The minimum Gasteiger partial charge on any atom is -0.465 e. The number of hydrogen-bond acceptors (Lipinski definition) is 2. The van der Waals surface area contributed by atoms with Crippen LogP contribution in [0.25, 0.3) is 6.08 Å². The van der Waals surface area contributed by atoms with Crippen LogP contribution in [0.3, 0.4) is 0 Å². The SMILES string of the molecule is C=Cc1ccc(N2CCN(C(=O)O)CC2)cc1. The van der Waals surface area contributed by atoms with Crippen LogP contribution in [0.15, 0.2) is 30.8 Å². The van der Waals surface area contributed by atoms with E-state index >= 15 is 0 Å². The first kappa shape index (κ1) is 11.5. The maximum absolute atomic E-state index is 10.8. The van der Waals surface area contributed by atoms with Crippen LogP contribution in [0.4, 0.5) is 10.5 Å². The maximum Gasteiger partial charge on any atom is 0.407 e. The highest BCUT2D eigenvalue weighted by molar-refractivity contribution is 5.65. The summed E-state index contributed by atoms with van der Waals surface area (Å²) in [6, 6.07) is 8.14. The van der Waals surface area contributed by atoms with Crippen molar-refractivity contribution in [3.8, 4) is 0 Å². The van der Waals surface area contributed by atoms with E-state index in [0.717, 1.165) is 24.3 Å². The molecule has 1 N–H and O–H groups in total. The van der Waals surface area contributed by atoms with Crippen LogP contribution in [-0.2, 0) is 0 Å². The number of piperazine rings is 1. The van der Waals surface area contributed by atoms with Crippen LogP contribution in [-0.4, -0.2) is 42.3 Å². The van der Waals surface area contributed by atoms with Crippen LogP contribution < -0.4 is 4.90 Å². The Balaban J connectivity index is 2.00. The van der Waals surface area contributed by atoms with Gasteiger partial charge in [-0.25, -0.2) is 4.79 Å². The van der Waals surface area contributed by atoms with E-state index in [1.807, 2.05) is 30.3 Å². The lowest BCUT2D eigenvalue weighted by Crippen LogP contribution is -2.48. The van der Waals surface area contributed by atoms with Gasteiger partial charge in [-0.05, 0) is 17.7 Å². The van der Waals surface area contributed by atoms with E-state index in [0.29, 0.717) is 13.1 Å². The topological polar surface area (TPSA) is 43.8 Å². The molecular weight excluding hydrogens is 216 g/mol. The van der Waals surface area contributed by atoms with Gasteiger partial charge >= 0.3 is 6.09 Å². The van der Waals surface area contributed by atoms with Crippen molar-refractivity contribution in [1.29, 1.82) is 0 Å². The second-order valence-electron chi connectivity index (χ2n) is 4.05. The molecule has 1 aliphatic heterocycles. The average Bonchev–Trinajstić information content (AvgIpc) is 2.39. The van der Waals surface area contributed by atoms with Crippen LogP contribution in [0.5, 0.6) is 0 Å². The van der Waals surface area contributed by atoms with Crippen LogP contribution >= 0.6 is 0 Å². The fraction of sp³-hybridized carbons (Fsp3) is 0.308. The number of anilines is 1. The number of carbonyl (C=O) groups is 1. The number of rotatable bonds is 2. The molecular formula is C13H16N2O2. The van der Waals surface area contributed by atoms with Gasteiger partial charge in [0.25, 0.3) is 0 Å². The molecule has 0 saturated carbocycles. The zero-order valence-corrected chi connectivity index (χ0v) is 9.67. The molecule has 0 atom stereocenters. The highest BCUT2D eigenvalue weighted by Crippen LogP contribution is 2.17. The van der Waals surface area contributed by atoms with E-state index in [-0.39, 0.29) is 0 Å². The first-order valence-corrected chi connectivity index (χ1v) is 5.66. The normalized spacial score (nSPS) is 15.8. The van der Waals surface area contributed by atoms with Gasteiger partial charge in [-0.1, -0.05) is 24.8 Å². The van der Waals surface area contributed by atoms with Gasteiger partial charge < -0.3 is 14.9 Å². The molecule has 2 rings (SSSR count). The lowest BCUT2D eigenvalue weighted by Gasteiger charge is -2.34. The molecule has 1 aliphatic rings. The molecule has 1 amide bonds. The van der Waals surface area contributed by atoms with Gasteiger partial charge in [-0.3, -0.25) is 0 Å². The van der Waals surface area contributed by atoms with E-state index in [1.165, 1.54) is 4.90 Å². The van der Waals surface area contributed by atoms with Crippen LogP contribution in [0.1, 0.15) is 5.56 Å². The van der Waals surface area contributed by atoms with Gasteiger partial charge in [-0.2, -0.15) is 0 Å². The summed E-state index contributed by atoms with van der Waals surface area (Å²) in [6.07, 6.45) is 0.984. The monoisotopic (exact) mass is 232 g/mol. The van der Waals surface area contributed by atoms with E-state index in [9.17, 15) is 4.79 Å². The lowest BCUT2D eigenvalue weighted by atomic mass is 10.2. The predicted molar refractivity (Wildman–Crippen MR) is 68.3 cm³/mol. The van der Waals surface area contributed by atoms with Gasteiger partial charge in [0.1, 0.15) is 0 Å². The minimum atomic E-state index is -0.827. The van der Waals surface area contributed by atoms with Crippen molar-refractivity contribution >= 4 is 17.9 Å². The summed E-state index contributed by atoms with van der Waals surface area (Å²) in [6.45, 7) is 6.35. The maximum atomic E-state index is 10.8. The van der Waals surface area contributed by atoms with Crippen LogP contribution in [0.2, 0.25) is 0 Å². The summed E-state index contributed by atoms with van der Waals surface area (Å²) in [5.74, 6) is 0. The van der Waals surface area contributed by atoms with Gasteiger partial charge in [0.15, 0.2) is 0 Å². The van der Waals surface area contributed by atoms with Gasteiger partial charge in [0.2, 0.25) is 0 Å². The largest absolute Gasteiger partial charge is 0.465 e. The van der Waals surface area contributed by atoms with E-state index in [1.54, 1.807) is 0 Å². The Kier molecular flexibility index (Phi) is 3.32. The number of carboxylic acid groups (broad SMARTS) is 1. The predicted octanol–water partition coefficient (Wildman–Crippen LogP) is 2.13. The number of amides is 1. The Bertz CT molecular complexity index is 406. The molecule has 1 aromatic carbocycles. The van der Waals surface area contributed by atoms with Crippen molar-refractivity contribution in [3.05, 3.63) is 36.4 Å². The third kappa shape index (κ3) is 2.58. The van der Waals surface area contributed by atoms with Crippen molar-refractivity contribution in [2.75, 3.05) is 31.1 Å². The molecule has 0 radical (unpaired) electrons. The Morgan fingerprint density at radius 2 is 1.76 bits per heavy atom. The van der Waals surface area contributed by atoms with Crippen molar-refractivity contribution in [1.82, 2.24) is 4.90 Å². The second-order valence-corrected chi connectivity index (χ2v) is 4.05. The molecule has 17 heavy (non-hydrogen) atoms. The molecule has 1 saturated heterocycles. The molecule has 0 aliphatic carbocycles. The van der Waals surface area contributed by atoms with E-state index in [2.05, 4.69) is 11.5 Å². The molecule has 1 fully saturated rings. The molecule has 1 heterocycles. The molecule has 0 bridgehead atoms. The smallest absolute Gasteiger partial charge is 0.407 e. The zero-order chi connectivity index (χ0) is 12.3. The Labute approximate surface area is 101 Å². The summed E-state index contributed by atoms with van der Waals surface area (Å²) in [7, 11) is 0. The van der Waals surface area contributed by atoms with Gasteiger partial charge in [-0.15, -0.1) is 0 Å². The highest BCUT2D eigenvalue weighted by Gasteiger charge is 2.20. The number of nitrogens with zero attached hydrogens (tertiary/aromatic N) is 2. The van der Waals surface area contributed by atoms with Crippen molar-refractivity contribution < 1.29 is 9.90 Å². The van der Waals surface area contributed by atoms with Crippen molar-refractivity contribution in [2.45, 2.75) is 0 Å². The fourth-order valence-electron chi connectivity index (χ4n) is 1.98. The second kappa shape index (κ2) is 4.91. The van der Waals surface area contributed by atoms with Gasteiger partial charge in [0.05, 0.1) is 0 Å². The Morgan fingerprint density at radius 1 is 1.18 bits per heavy atom. The number of benzene rings is 1. The summed E-state index contributed by atoms with van der Waals surface area (Å²) >= 11 is 0. The quantitative estimate of drug-likeness (QED) is 0.849. The molecule has 90 valence electrons. The third-order valence-electron chi connectivity index (χ3n) is 3.04. The summed E-state index contributed by atoms with van der Waals surface area (Å²) < 4.78 is 0. The summed E-state index contributed by atoms with van der Waals surface area (Å²) in [5, 5.41) is 8.86. The molecule has 1 aromatic rings. The number of hydrogen-bond donors (Lipinski definition) is 1. The van der Waals surface area contributed by atoms with E-state index < -0.39 is 6.09 Å². The molecule has 0 unspecified atom stereocenters. The lowest BCUT2D eigenvalue weighted by molar-refractivity contribution is 0.142. The summed E-state index contributed by atoms with van der Waals surface area (Å²) in [5.41, 5.74) is 2.23. The van der Waals surface area contributed by atoms with Gasteiger partial charge in [0, 0.05) is 31.9 Å².